The first kappa shape index (κ1) is 20.8. The molecule has 3 heterocycles. The Labute approximate surface area is 190 Å². The van der Waals surface area contributed by atoms with Gasteiger partial charge in [-0.3, -0.25) is 4.79 Å². The van der Waals surface area contributed by atoms with Crippen molar-refractivity contribution in [3.8, 4) is 0 Å². The van der Waals surface area contributed by atoms with Gasteiger partial charge in [0.05, 0.1) is 23.8 Å². The van der Waals surface area contributed by atoms with Crippen LogP contribution in [-0.2, 0) is 9.53 Å². The molecule has 1 fully saturated rings. The molecule has 2 atom stereocenters. The Hall–Kier alpha value is -4.07. The van der Waals surface area contributed by atoms with E-state index in [1.54, 1.807) is 42.9 Å². The van der Waals surface area contributed by atoms with Gasteiger partial charge in [-0.1, -0.05) is 0 Å². The fourth-order valence-electron chi connectivity index (χ4n) is 4.39. The fourth-order valence-corrected chi connectivity index (χ4v) is 4.39. The van der Waals surface area contributed by atoms with Crippen LogP contribution in [0.3, 0.4) is 0 Å². The highest BCUT2D eigenvalue weighted by Gasteiger charge is 2.45. The van der Waals surface area contributed by atoms with Gasteiger partial charge in [0.1, 0.15) is 17.6 Å². The lowest BCUT2D eigenvalue weighted by Crippen LogP contribution is -2.34. The van der Waals surface area contributed by atoms with Crippen molar-refractivity contribution in [2.75, 3.05) is 12.3 Å². The number of anilines is 1. The average molecular weight is 445 g/mol. The Balaban J connectivity index is 1.39. The number of benzene rings is 1. The number of esters is 1. The standard InChI is InChI=1S/C25H23N3O5/c26-18-10-8-16(9-11-18)25(30)33-15-22(29)28-24(21-7-3-13-32-21)20-6-1-4-17(23(20)27-28)14-19-5-2-12-31-19/h2-3,5,7-14,20,24H,1,4,6,15,26H2/b17-14+. The van der Waals surface area contributed by atoms with Gasteiger partial charge in [-0.2, -0.15) is 5.10 Å². The molecule has 5 rings (SSSR count). The van der Waals surface area contributed by atoms with Gasteiger partial charge in [0, 0.05) is 11.6 Å². The third-order valence-corrected chi connectivity index (χ3v) is 5.92. The molecule has 8 nitrogen and oxygen atoms in total. The summed E-state index contributed by atoms with van der Waals surface area (Å²) in [4.78, 5) is 25.5. The quantitative estimate of drug-likeness (QED) is 0.459. The van der Waals surface area contributed by atoms with Crippen molar-refractivity contribution in [2.45, 2.75) is 25.3 Å². The van der Waals surface area contributed by atoms with E-state index in [1.165, 1.54) is 5.01 Å². The smallest absolute Gasteiger partial charge is 0.338 e. The van der Waals surface area contributed by atoms with Gasteiger partial charge in [-0.25, -0.2) is 9.80 Å². The first-order chi connectivity index (χ1) is 16.1. The second-order valence-electron chi connectivity index (χ2n) is 8.07. The molecule has 2 aromatic heterocycles. The van der Waals surface area contributed by atoms with E-state index in [9.17, 15) is 9.59 Å². The van der Waals surface area contributed by atoms with Gasteiger partial charge in [0.15, 0.2) is 6.61 Å². The van der Waals surface area contributed by atoms with Crippen molar-refractivity contribution in [1.82, 2.24) is 5.01 Å². The molecule has 33 heavy (non-hydrogen) atoms. The predicted molar refractivity (Wildman–Crippen MR) is 121 cm³/mol. The SMILES string of the molecule is Nc1ccc(C(=O)OCC(=O)N2N=C3/C(=C/c4ccco4)CCCC3C2c2ccco2)cc1. The van der Waals surface area contributed by atoms with Crippen LogP contribution in [0.15, 0.2) is 80.6 Å². The number of rotatable bonds is 5. The highest BCUT2D eigenvalue weighted by Crippen LogP contribution is 2.44. The summed E-state index contributed by atoms with van der Waals surface area (Å²) in [5.74, 6) is 0.365. The van der Waals surface area contributed by atoms with E-state index >= 15 is 0 Å². The minimum absolute atomic E-state index is 0.0112. The Morgan fingerprint density at radius 1 is 1.12 bits per heavy atom. The highest BCUT2D eigenvalue weighted by molar-refractivity contribution is 6.08. The number of hydrogen-bond acceptors (Lipinski definition) is 7. The number of fused-ring (bicyclic) bond motifs is 1. The molecule has 0 saturated heterocycles. The van der Waals surface area contributed by atoms with Crippen LogP contribution in [0.25, 0.3) is 6.08 Å². The van der Waals surface area contributed by atoms with E-state index in [0.29, 0.717) is 17.0 Å². The lowest BCUT2D eigenvalue weighted by Gasteiger charge is -2.27. The molecule has 168 valence electrons. The summed E-state index contributed by atoms with van der Waals surface area (Å²) in [5.41, 5.74) is 8.40. The van der Waals surface area contributed by atoms with Crippen LogP contribution in [0.1, 0.15) is 47.2 Å². The lowest BCUT2D eigenvalue weighted by atomic mass is 9.79. The third-order valence-electron chi connectivity index (χ3n) is 5.92. The molecule has 0 spiro atoms. The number of amides is 1. The zero-order valence-electron chi connectivity index (χ0n) is 17.8. The van der Waals surface area contributed by atoms with E-state index in [1.807, 2.05) is 24.3 Å². The third kappa shape index (κ3) is 4.19. The van der Waals surface area contributed by atoms with Crippen LogP contribution in [0, 0.1) is 5.92 Å². The lowest BCUT2D eigenvalue weighted by molar-refractivity contribution is -0.137. The Kier molecular flexibility index (Phi) is 5.56. The number of ether oxygens (including phenoxy) is 1. The van der Waals surface area contributed by atoms with Gasteiger partial charge in [0.2, 0.25) is 0 Å². The maximum atomic E-state index is 13.1. The maximum Gasteiger partial charge on any atom is 0.338 e. The summed E-state index contributed by atoms with van der Waals surface area (Å²) in [6, 6.07) is 13.3. The van der Waals surface area contributed by atoms with Crippen LogP contribution in [0.5, 0.6) is 0 Å². The molecule has 8 heteroatoms. The fraction of sp³-hybridized carbons (Fsp3) is 0.240. The van der Waals surface area contributed by atoms with Crippen LogP contribution in [0.4, 0.5) is 5.69 Å². The number of carbonyl (C=O) groups excluding carboxylic acids is 2. The number of furan rings is 2. The molecule has 1 aliphatic carbocycles. The zero-order chi connectivity index (χ0) is 22.8. The zero-order valence-corrected chi connectivity index (χ0v) is 17.8. The van der Waals surface area contributed by atoms with E-state index in [0.717, 1.165) is 36.3 Å². The van der Waals surface area contributed by atoms with Gasteiger partial charge in [-0.05, 0) is 79.4 Å². The van der Waals surface area contributed by atoms with Crippen LogP contribution < -0.4 is 5.73 Å². The molecule has 0 bridgehead atoms. The second-order valence-corrected chi connectivity index (χ2v) is 8.07. The van der Waals surface area contributed by atoms with E-state index < -0.39 is 24.5 Å². The summed E-state index contributed by atoms with van der Waals surface area (Å²) in [6.45, 7) is -0.429. The number of nitrogen functional groups attached to an aromatic ring is 1. The van der Waals surface area contributed by atoms with Gasteiger partial charge >= 0.3 is 5.97 Å². The minimum Gasteiger partial charge on any atom is -0.467 e. The monoisotopic (exact) mass is 445 g/mol. The van der Waals surface area contributed by atoms with Crippen molar-refractivity contribution < 1.29 is 23.2 Å². The molecule has 1 aromatic carbocycles. The summed E-state index contributed by atoms with van der Waals surface area (Å²) in [5, 5.41) is 6.09. The molecule has 2 unspecified atom stereocenters. The van der Waals surface area contributed by atoms with E-state index in [4.69, 9.17) is 24.4 Å². The molecule has 1 saturated carbocycles. The summed E-state index contributed by atoms with van der Waals surface area (Å²) in [7, 11) is 0. The average Bonchev–Trinajstić information content (AvgIpc) is 3.58. The molecule has 2 N–H and O–H groups in total. The Bertz CT molecular complexity index is 1190. The largest absolute Gasteiger partial charge is 0.467 e. The Morgan fingerprint density at radius 2 is 1.91 bits per heavy atom. The minimum atomic E-state index is -0.597. The van der Waals surface area contributed by atoms with Crippen molar-refractivity contribution in [2.24, 2.45) is 11.0 Å². The number of nitrogens with two attached hydrogens (primary N) is 1. The van der Waals surface area contributed by atoms with Crippen LogP contribution >= 0.6 is 0 Å². The summed E-state index contributed by atoms with van der Waals surface area (Å²) < 4.78 is 16.4. The van der Waals surface area contributed by atoms with Gasteiger partial charge in [-0.15, -0.1) is 0 Å². The first-order valence-electron chi connectivity index (χ1n) is 10.8. The van der Waals surface area contributed by atoms with Crippen molar-refractivity contribution >= 4 is 29.4 Å². The summed E-state index contributed by atoms with van der Waals surface area (Å²) in [6.07, 6.45) is 7.85. The molecule has 2 aliphatic rings. The van der Waals surface area contributed by atoms with Crippen molar-refractivity contribution in [3.05, 3.63) is 83.7 Å². The first-order valence-corrected chi connectivity index (χ1v) is 10.8. The molecule has 0 radical (unpaired) electrons. The number of carbonyl (C=O) groups is 2. The van der Waals surface area contributed by atoms with Gasteiger partial charge in [0.25, 0.3) is 5.91 Å². The van der Waals surface area contributed by atoms with E-state index in [2.05, 4.69) is 0 Å². The molecule has 1 amide bonds. The highest BCUT2D eigenvalue weighted by atomic mass is 16.5. The normalized spacial score (nSPS) is 21.0. The molecule has 3 aromatic rings. The predicted octanol–water partition coefficient (Wildman–Crippen LogP) is 4.43. The topological polar surface area (TPSA) is 111 Å². The van der Waals surface area contributed by atoms with Crippen molar-refractivity contribution in [3.63, 3.8) is 0 Å². The maximum absolute atomic E-state index is 13.1. The van der Waals surface area contributed by atoms with E-state index in [-0.39, 0.29) is 5.92 Å². The number of allylic oxidation sites excluding steroid dienone is 1. The molecule has 1 aliphatic heterocycles. The molecular weight excluding hydrogens is 422 g/mol. The number of hydrogen-bond donors (Lipinski definition) is 1. The molecular formula is C25H23N3O5. The van der Waals surface area contributed by atoms with Crippen LogP contribution in [0.2, 0.25) is 0 Å². The van der Waals surface area contributed by atoms with Crippen molar-refractivity contribution in [1.29, 1.82) is 0 Å². The Morgan fingerprint density at radius 3 is 2.64 bits per heavy atom. The van der Waals surface area contributed by atoms with Gasteiger partial charge < -0.3 is 19.3 Å². The number of hydrazone groups is 1. The number of nitrogens with zero attached hydrogens (tertiary/aromatic N) is 2. The van der Waals surface area contributed by atoms with Crippen LogP contribution in [-0.4, -0.2) is 29.2 Å². The summed E-state index contributed by atoms with van der Waals surface area (Å²) >= 11 is 0. The second kappa shape index (κ2) is 8.82.